The molecule has 0 saturated carbocycles. The molecule has 0 amide bonds. The fourth-order valence-electron chi connectivity index (χ4n) is 4.23. The molecule has 27 heavy (non-hydrogen) atoms. The Bertz CT molecular complexity index is 1090. The molecule has 2 aromatic heterocycles. The van der Waals surface area contributed by atoms with Crippen LogP contribution < -0.4 is 0 Å². The van der Waals surface area contributed by atoms with Crippen molar-refractivity contribution in [3.8, 4) is 0 Å². The van der Waals surface area contributed by atoms with Gasteiger partial charge in [0, 0.05) is 31.4 Å². The lowest BCUT2D eigenvalue weighted by atomic mass is 9.97. The van der Waals surface area contributed by atoms with Gasteiger partial charge in [-0.3, -0.25) is 14.9 Å². The van der Waals surface area contributed by atoms with Gasteiger partial charge in [0.2, 0.25) is 0 Å². The lowest BCUT2D eigenvalue weighted by molar-refractivity contribution is 0.197. The van der Waals surface area contributed by atoms with Crippen molar-refractivity contribution in [2.75, 3.05) is 13.1 Å². The lowest BCUT2D eigenvalue weighted by Gasteiger charge is -2.31. The molecule has 5 rings (SSSR count). The maximum atomic E-state index is 4.92. The number of benzene rings is 2. The van der Waals surface area contributed by atoms with Crippen LogP contribution in [0.4, 0.5) is 0 Å². The highest BCUT2D eigenvalue weighted by atomic mass is 15.1. The molecule has 5 heteroatoms. The van der Waals surface area contributed by atoms with Crippen molar-refractivity contribution in [2.24, 2.45) is 0 Å². The van der Waals surface area contributed by atoms with Crippen molar-refractivity contribution in [3.63, 3.8) is 0 Å². The normalized spacial score (nSPS) is 18.3. The monoisotopic (exact) mass is 357 g/mol. The number of para-hydroxylation sites is 2. The Morgan fingerprint density at radius 1 is 1.07 bits per heavy atom. The third-order valence-corrected chi connectivity index (χ3v) is 5.60. The van der Waals surface area contributed by atoms with Gasteiger partial charge in [0.15, 0.2) is 0 Å². The highest BCUT2D eigenvalue weighted by Crippen LogP contribution is 2.29. The Hall–Kier alpha value is -2.79. The zero-order valence-electron chi connectivity index (χ0n) is 15.5. The van der Waals surface area contributed by atoms with Crippen LogP contribution >= 0.6 is 0 Å². The second-order valence-corrected chi connectivity index (χ2v) is 7.51. The molecular formula is C22H23N5. The number of likely N-dealkylation sites (tertiary alicyclic amines) is 1. The maximum Gasteiger partial charge on any atom is 0.111 e. The summed E-state index contributed by atoms with van der Waals surface area (Å²) in [5.74, 6) is 1.58. The van der Waals surface area contributed by atoms with Crippen molar-refractivity contribution in [1.29, 1.82) is 0 Å². The second kappa shape index (κ2) is 6.74. The van der Waals surface area contributed by atoms with E-state index >= 15 is 0 Å². The first kappa shape index (κ1) is 16.4. The van der Waals surface area contributed by atoms with Gasteiger partial charge in [-0.1, -0.05) is 24.3 Å². The molecule has 5 nitrogen and oxygen atoms in total. The lowest BCUT2D eigenvalue weighted by Crippen LogP contribution is -2.34. The topological polar surface area (TPSA) is 57.7 Å². The quantitative estimate of drug-likeness (QED) is 0.597. The first-order valence-electron chi connectivity index (χ1n) is 9.64. The number of hydrogen-bond acceptors (Lipinski definition) is 4. The molecule has 1 unspecified atom stereocenters. The number of H-pyrrole nitrogens is 1. The number of fused-ring (bicyclic) bond motifs is 2. The molecule has 1 saturated heterocycles. The van der Waals surface area contributed by atoms with Gasteiger partial charge in [-0.05, 0) is 49.6 Å². The van der Waals surface area contributed by atoms with Crippen molar-refractivity contribution in [2.45, 2.75) is 32.2 Å². The van der Waals surface area contributed by atoms with Crippen LogP contribution in [0, 0.1) is 6.92 Å². The number of aromatic nitrogens is 4. The number of piperidine rings is 1. The van der Waals surface area contributed by atoms with E-state index in [4.69, 9.17) is 4.98 Å². The summed E-state index contributed by atoms with van der Waals surface area (Å²) < 4.78 is 0. The molecule has 3 heterocycles. The zero-order valence-corrected chi connectivity index (χ0v) is 15.5. The highest BCUT2D eigenvalue weighted by molar-refractivity contribution is 5.79. The number of nitrogens with zero attached hydrogens (tertiary/aromatic N) is 4. The van der Waals surface area contributed by atoms with E-state index in [9.17, 15) is 0 Å². The van der Waals surface area contributed by atoms with Gasteiger partial charge >= 0.3 is 0 Å². The highest BCUT2D eigenvalue weighted by Gasteiger charge is 2.24. The van der Waals surface area contributed by atoms with Crippen molar-refractivity contribution < 1.29 is 0 Å². The molecule has 0 radical (unpaired) electrons. The van der Waals surface area contributed by atoms with E-state index < -0.39 is 0 Å². The molecule has 0 aliphatic carbocycles. The van der Waals surface area contributed by atoms with Crippen LogP contribution in [0.1, 0.15) is 35.7 Å². The van der Waals surface area contributed by atoms with Crippen LogP contribution in [-0.2, 0) is 6.54 Å². The molecular weight excluding hydrogens is 334 g/mol. The third-order valence-electron chi connectivity index (χ3n) is 5.60. The van der Waals surface area contributed by atoms with E-state index in [0.717, 1.165) is 47.5 Å². The Labute approximate surface area is 158 Å². The predicted molar refractivity (Wildman–Crippen MR) is 108 cm³/mol. The van der Waals surface area contributed by atoms with Gasteiger partial charge in [-0.2, -0.15) is 0 Å². The van der Waals surface area contributed by atoms with Crippen LogP contribution in [0.3, 0.4) is 0 Å². The van der Waals surface area contributed by atoms with Crippen LogP contribution in [0.25, 0.3) is 22.1 Å². The molecule has 2 aromatic carbocycles. The van der Waals surface area contributed by atoms with E-state index in [1.54, 1.807) is 12.4 Å². The summed E-state index contributed by atoms with van der Waals surface area (Å²) in [4.78, 5) is 20.0. The Morgan fingerprint density at radius 3 is 2.89 bits per heavy atom. The minimum Gasteiger partial charge on any atom is -0.342 e. The summed E-state index contributed by atoms with van der Waals surface area (Å²) in [5, 5.41) is 0. The summed E-state index contributed by atoms with van der Waals surface area (Å²) in [5.41, 5.74) is 6.72. The molecule has 1 atom stereocenters. The van der Waals surface area contributed by atoms with Gasteiger partial charge < -0.3 is 4.98 Å². The Morgan fingerprint density at radius 2 is 1.96 bits per heavy atom. The van der Waals surface area contributed by atoms with Crippen molar-refractivity contribution in [3.05, 3.63) is 65.7 Å². The van der Waals surface area contributed by atoms with E-state index in [1.165, 1.54) is 24.0 Å². The van der Waals surface area contributed by atoms with E-state index in [-0.39, 0.29) is 0 Å². The van der Waals surface area contributed by atoms with Crippen LogP contribution in [0.15, 0.2) is 48.8 Å². The molecule has 0 spiro atoms. The minimum atomic E-state index is 0.451. The molecule has 1 N–H and O–H groups in total. The van der Waals surface area contributed by atoms with Crippen molar-refractivity contribution >= 4 is 22.1 Å². The number of imidazole rings is 1. The molecule has 136 valence electrons. The van der Waals surface area contributed by atoms with Crippen molar-refractivity contribution in [1.82, 2.24) is 24.8 Å². The summed E-state index contributed by atoms with van der Waals surface area (Å²) in [6.07, 6.45) is 5.91. The number of hydrogen-bond donors (Lipinski definition) is 1. The minimum absolute atomic E-state index is 0.451. The maximum absolute atomic E-state index is 4.92. The summed E-state index contributed by atoms with van der Waals surface area (Å²) in [6.45, 7) is 5.18. The largest absolute Gasteiger partial charge is 0.342 e. The molecule has 1 fully saturated rings. The first-order chi connectivity index (χ1) is 13.3. The molecule has 1 aliphatic heterocycles. The van der Waals surface area contributed by atoms with E-state index in [0.29, 0.717) is 5.92 Å². The first-order valence-corrected chi connectivity index (χ1v) is 9.64. The number of aromatic amines is 1. The smallest absolute Gasteiger partial charge is 0.111 e. The molecule has 0 bridgehead atoms. The average molecular weight is 357 g/mol. The second-order valence-electron chi connectivity index (χ2n) is 7.51. The third kappa shape index (κ3) is 3.08. The Kier molecular flexibility index (Phi) is 4.09. The predicted octanol–water partition coefficient (Wildman–Crippen LogP) is 4.19. The summed E-state index contributed by atoms with van der Waals surface area (Å²) >= 11 is 0. The standard InChI is InChI=1S/C22H23N5/c1-15-5-2-9-19-20(15)26-22(25-19)17-7-4-12-27(14-17)13-16-6-3-8-18-21(16)24-11-10-23-18/h2-3,5-6,8-11,17H,4,7,12-14H2,1H3,(H,25,26). The number of nitrogens with one attached hydrogen (secondary N) is 1. The fourth-order valence-corrected chi connectivity index (χ4v) is 4.23. The van der Waals surface area contributed by atoms with Crippen LogP contribution in [0.5, 0.6) is 0 Å². The summed E-state index contributed by atoms with van der Waals surface area (Å²) in [6, 6.07) is 12.6. The van der Waals surface area contributed by atoms with Gasteiger partial charge in [0.1, 0.15) is 5.82 Å². The number of aryl methyl sites for hydroxylation is 1. The van der Waals surface area contributed by atoms with Gasteiger partial charge in [-0.15, -0.1) is 0 Å². The van der Waals surface area contributed by atoms with Crippen LogP contribution in [0.2, 0.25) is 0 Å². The van der Waals surface area contributed by atoms with Gasteiger partial charge in [0.05, 0.1) is 22.1 Å². The zero-order chi connectivity index (χ0) is 18.2. The average Bonchev–Trinajstić information content (AvgIpc) is 3.15. The van der Waals surface area contributed by atoms with Gasteiger partial charge in [-0.25, -0.2) is 4.98 Å². The number of rotatable bonds is 3. The SMILES string of the molecule is Cc1cccc2[nH]c(C3CCCN(Cc4cccc5nccnc45)C3)nc12. The van der Waals surface area contributed by atoms with Crippen LogP contribution in [-0.4, -0.2) is 37.9 Å². The Balaban J connectivity index is 1.39. The van der Waals surface area contributed by atoms with E-state index in [1.807, 2.05) is 6.07 Å². The molecule has 4 aromatic rings. The van der Waals surface area contributed by atoms with Gasteiger partial charge in [0.25, 0.3) is 0 Å². The fraction of sp³-hybridized carbons (Fsp3) is 0.318. The molecule has 1 aliphatic rings. The summed E-state index contributed by atoms with van der Waals surface area (Å²) in [7, 11) is 0. The van der Waals surface area contributed by atoms with E-state index in [2.05, 4.69) is 57.1 Å².